The highest BCUT2D eigenvalue weighted by molar-refractivity contribution is 7.19. The van der Waals surface area contributed by atoms with E-state index >= 15 is 8.78 Å². The van der Waals surface area contributed by atoms with Crippen LogP contribution in [0.5, 0.6) is 11.8 Å². The van der Waals surface area contributed by atoms with E-state index in [0.717, 1.165) is 23.3 Å². The molecule has 0 radical (unpaired) electrons. The predicted molar refractivity (Wildman–Crippen MR) is 193 cm³/mol. The number of benzene rings is 2. The number of fused-ring (bicyclic) bond motifs is 2. The molecule has 2 fully saturated rings. The van der Waals surface area contributed by atoms with Crippen molar-refractivity contribution in [3.63, 3.8) is 0 Å². The Morgan fingerprint density at radius 3 is 2.81 bits per heavy atom. The van der Waals surface area contributed by atoms with Gasteiger partial charge in [-0.2, -0.15) is 24.0 Å². The monoisotopic (exact) mass is 749 g/mol. The van der Waals surface area contributed by atoms with Gasteiger partial charge in [0.15, 0.2) is 11.6 Å². The zero-order chi connectivity index (χ0) is 36.5. The Morgan fingerprint density at radius 2 is 2.04 bits per heavy atom. The van der Waals surface area contributed by atoms with Crippen molar-refractivity contribution in [1.82, 2.24) is 19.9 Å². The normalized spacial score (nSPS) is 19.1. The number of anilines is 2. The Morgan fingerprint density at radius 1 is 1.21 bits per heavy atom. The van der Waals surface area contributed by atoms with Gasteiger partial charge < -0.3 is 19.7 Å². The lowest BCUT2D eigenvalue weighted by molar-refractivity contribution is 0.108. The second-order valence-electron chi connectivity index (χ2n) is 13.3. The first kappa shape index (κ1) is 34.4. The molecule has 2 aromatic carbocycles. The van der Waals surface area contributed by atoms with Gasteiger partial charge in [0, 0.05) is 46.8 Å². The number of rotatable bonds is 7. The number of nitrogens with zero attached hydrogens (tertiary/aromatic N) is 6. The highest BCUT2D eigenvalue weighted by atomic mass is 35.5. The highest BCUT2D eigenvalue weighted by Crippen LogP contribution is 2.51. The first-order valence-corrected chi connectivity index (χ1v) is 18.0. The molecule has 6 heterocycles. The SMILES string of the molecule is CNc1ncccc1C(C)N1CCOc2c(Cl)c(-c3ccc(F)c4sc(C)c(C#N)c34)c(F)c3nc(OCC45CCCN4CC(=C(F)F)C5)nc1c23. The van der Waals surface area contributed by atoms with Gasteiger partial charge in [0.2, 0.25) is 0 Å². The third-order valence-corrected chi connectivity index (χ3v) is 12.0. The number of nitrogens with one attached hydrogen (secondary N) is 1. The molecule has 2 saturated heterocycles. The van der Waals surface area contributed by atoms with Crippen molar-refractivity contribution >= 4 is 55.6 Å². The lowest BCUT2D eigenvalue weighted by Gasteiger charge is -2.32. The number of thiophene rings is 1. The Kier molecular flexibility index (Phi) is 8.63. The number of aromatic nitrogens is 3. The minimum absolute atomic E-state index is 0.0144. The molecule has 268 valence electrons. The molecule has 8 rings (SSSR count). The standard InChI is InChI=1S/C37H32ClF4N7O2S/c1-18(21-6-4-10-45-34(21)44-3)49-12-13-50-31-27-30(29(40)26(28(31)38)22-7-8-24(39)32-25(22)23(15-43)19(2)52-32)46-36(47-35(27)49)51-17-37-9-5-11-48(37)16-20(14-37)33(41)42/h4,6-8,10,18H,5,9,11-14,16-17H2,1-3H3,(H,44,45). The van der Waals surface area contributed by atoms with Gasteiger partial charge in [0.25, 0.3) is 6.08 Å². The van der Waals surface area contributed by atoms with Gasteiger partial charge in [-0.25, -0.2) is 13.8 Å². The summed E-state index contributed by atoms with van der Waals surface area (Å²) in [6.07, 6.45) is 1.63. The molecule has 1 N–H and O–H groups in total. The van der Waals surface area contributed by atoms with Crippen LogP contribution in [0.3, 0.4) is 0 Å². The van der Waals surface area contributed by atoms with Gasteiger partial charge in [-0.3, -0.25) is 4.90 Å². The molecular weight excluding hydrogens is 718 g/mol. The molecule has 15 heteroatoms. The maximum absolute atomic E-state index is 17.4. The summed E-state index contributed by atoms with van der Waals surface area (Å²) in [6.45, 7) is 4.94. The summed E-state index contributed by atoms with van der Waals surface area (Å²) < 4.78 is 72.8. The Hall–Kier alpha value is -4.71. The smallest absolute Gasteiger partial charge is 0.319 e. The highest BCUT2D eigenvalue weighted by Gasteiger charge is 2.48. The fourth-order valence-electron chi connectivity index (χ4n) is 8.03. The van der Waals surface area contributed by atoms with Crippen molar-refractivity contribution < 1.29 is 27.0 Å². The topological polar surface area (TPSA) is 99.4 Å². The molecule has 52 heavy (non-hydrogen) atoms. The summed E-state index contributed by atoms with van der Waals surface area (Å²) in [4.78, 5) is 18.5. The van der Waals surface area contributed by atoms with Crippen LogP contribution in [0.15, 0.2) is 42.1 Å². The molecule has 2 atom stereocenters. The molecule has 5 aromatic rings. The zero-order valence-electron chi connectivity index (χ0n) is 28.4. The predicted octanol–water partition coefficient (Wildman–Crippen LogP) is 8.79. The second-order valence-corrected chi connectivity index (χ2v) is 14.9. The molecule has 9 nitrogen and oxygen atoms in total. The average molecular weight is 750 g/mol. The van der Waals surface area contributed by atoms with E-state index in [-0.39, 0.29) is 92.3 Å². The minimum Gasteiger partial charge on any atom is -0.489 e. The van der Waals surface area contributed by atoms with Gasteiger partial charge in [-0.1, -0.05) is 23.7 Å². The van der Waals surface area contributed by atoms with E-state index in [1.54, 1.807) is 20.2 Å². The summed E-state index contributed by atoms with van der Waals surface area (Å²) in [6, 6.07) is 8.02. The second kappa shape index (κ2) is 13.1. The third kappa shape index (κ3) is 5.31. The fourth-order valence-corrected chi connectivity index (χ4v) is 9.40. The van der Waals surface area contributed by atoms with Crippen LogP contribution in [0.2, 0.25) is 5.02 Å². The van der Waals surface area contributed by atoms with Gasteiger partial charge in [-0.05, 0) is 57.4 Å². The largest absolute Gasteiger partial charge is 0.489 e. The summed E-state index contributed by atoms with van der Waals surface area (Å²) in [5.74, 6) is -0.295. The fraction of sp³-hybridized carbons (Fsp3) is 0.351. The van der Waals surface area contributed by atoms with Crippen molar-refractivity contribution in [2.45, 2.75) is 44.7 Å². The molecule has 0 saturated carbocycles. The van der Waals surface area contributed by atoms with E-state index in [1.165, 1.54) is 12.1 Å². The van der Waals surface area contributed by atoms with E-state index in [9.17, 15) is 14.0 Å². The minimum atomic E-state index is -1.67. The third-order valence-electron chi connectivity index (χ3n) is 10.5. The Balaban J connectivity index is 1.35. The van der Waals surface area contributed by atoms with E-state index in [2.05, 4.69) is 21.4 Å². The zero-order valence-corrected chi connectivity index (χ0v) is 30.0. The first-order chi connectivity index (χ1) is 25.1. The van der Waals surface area contributed by atoms with Crippen LogP contribution in [0.4, 0.5) is 29.2 Å². The van der Waals surface area contributed by atoms with Gasteiger partial charge in [-0.15, -0.1) is 11.3 Å². The van der Waals surface area contributed by atoms with Crippen molar-refractivity contribution in [3.8, 4) is 29.0 Å². The maximum Gasteiger partial charge on any atom is 0.319 e. The van der Waals surface area contributed by atoms with Crippen LogP contribution in [0.25, 0.3) is 32.1 Å². The Labute approximate surface area is 305 Å². The number of ether oxygens (including phenoxy) is 2. The summed E-state index contributed by atoms with van der Waals surface area (Å²) >= 11 is 8.20. The molecular formula is C37H32ClF4N7O2S. The summed E-state index contributed by atoms with van der Waals surface area (Å²) in [5, 5.41) is 13.6. The van der Waals surface area contributed by atoms with Crippen LogP contribution < -0.4 is 19.7 Å². The van der Waals surface area contributed by atoms with Crippen LogP contribution >= 0.6 is 22.9 Å². The summed E-state index contributed by atoms with van der Waals surface area (Å²) in [5.41, 5.74) is 0.439. The quantitative estimate of drug-likeness (QED) is 0.164. The molecule has 3 aromatic heterocycles. The van der Waals surface area contributed by atoms with Crippen molar-refractivity contribution in [2.75, 3.05) is 50.1 Å². The van der Waals surface area contributed by atoms with Gasteiger partial charge in [0.1, 0.15) is 42.3 Å². The number of hydrogen-bond acceptors (Lipinski definition) is 10. The van der Waals surface area contributed by atoms with Gasteiger partial charge >= 0.3 is 6.01 Å². The van der Waals surface area contributed by atoms with Crippen LogP contribution in [0.1, 0.15) is 48.2 Å². The van der Waals surface area contributed by atoms with Crippen LogP contribution in [-0.4, -0.2) is 65.3 Å². The van der Waals surface area contributed by atoms with Crippen LogP contribution in [-0.2, 0) is 0 Å². The molecule has 0 spiro atoms. The molecule has 2 unspecified atom stereocenters. The first-order valence-electron chi connectivity index (χ1n) is 16.8. The maximum atomic E-state index is 17.4. The number of hydrogen-bond donors (Lipinski definition) is 1. The van der Waals surface area contributed by atoms with E-state index in [1.807, 2.05) is 28.9 Å². The van der Waals surface area contributed by atoms with Crippen LogP contribution in [0, 0.1) is 29.9 Å². The van der Waals surface area contributed by atoms with Crippen molar-refractivity contribution in [3.05, 3.63) is 74.8 Å². The lowest BCUT2D eigenvalue weighted by atomic mass is 9.94. The average Bonchev–Trinajstić information content (AvgIpc) is 3.77. The molecule has 3 aliphatic heterocycles. The number of halogens is 5. The molecule has 0 aliphatic carbocycles. The number of aryl methyl sites for hydroxylation is 1. The molecule has 0 bridgehead atoms. The van der Waals surface area contributed by atoms with E-state index < -0.39 is 23.3 Å². The number of pyridine rings is 1. The molecule has 0 amide bonds. The van der Waals surface area contributed by atoms with E-state index in [0.29, 0.717) is 36.0 Å². The lowest BCUT2D eigenvalue weighted by Crippen LogP contribution is -2.43. The molecule has 3 aliphatic rings. The van der Waals surface area contributed by atoms with Crippen molar-refractivity contribution in [2.24, 2.45) is 0 Å². The summed E-state index contributed by atoms with van der Waals surface area (Å²) in [7, 11) is 1.77. The van der Waals surface area contributed by atoms with Crippen molar-refractivity contribution in [1.29, 1.82) is 5.26 Å². The van der Waals surface area contributed by atoms with E-state index in [4.69, 9.17) is 26.1 Å². The van der Waals surface area contributed by atoms with Gasteiger partial charge in [0.05, 0.1) is 38.8 Å². The number of nitriles is 1. The Bertz CT molecular complexity index is 2360.